The number of amidine groups is 1. The van der Waals surface area contributed by atoms with E-state index in [9.17, 15) is 0 Å². The Balaban J connectivity index is 2.21. The molecule has 2 aromatic rings. The summed E-state index contributed by atoms with van der Waals surface area (Å²) in [7, 11) is 1.86. The van der Waals surface area contributed by atoms with E-state index < -0.39 is 0 Å². The molecule has 0 saturated heterocycles. The Morgan fingerprint density at radius 2 is 1.95 bits per heavy atom. The molecule has 0 atom stereocenters. The van der Waals surface area contributed by atoms with Crippen LogP contribution in [-0.4, -0.2) is 25.1 Å². The van der Waals surface area contributed by atoms with Gasteiger partial charge in [0.25, 0.3) is 0 Å². The van der Waals surface area contributed by atoms with E-state index in [1.807, 2.05) is 43.4 Å². The number of rotatable bonds is 1. The lowest BCUT2D eigenvalue weighted by Crippen LogP contribution is -2.20. The lowest BCUT2D eigenvalue weighted by atomic mass is 9.99. The highest BCUT2D eigenvalue weighted by Gasteiger charge is 2.15. The van der Waals surface area contributed by atoms with E-state index in [1.54, 1.807) is 0 Å². The van der Waals surface area contributed by atoms with Crippen molar-refractivity contribution in [1.29, 1.82) is 0 Å². The molecule has 0 fully saturated rings. The minimum atomic E-state index is 0.529. The predicted octanol–water partition coefficient (Wildman–Crippen LogP) is 2.77. The minimum absolute atomic E-state index is 0.529. The van der Waals surface area contributed by atoms with Crippen LogP contribution in [0.4, 0.5) is 5.69 Å². The molecular formula is C18H15N3. The van der Waals surface area contributed by atoms with Gasteiger partial charge >= 0.3 is 0 Å². The maximum absolute atomic E-state index is 5.52. The van der Waals surface area contributed by atoms with Crippen molar-refractivity contribution in [3.05, 3.63) is 65.2 Å². The molecule has 102 valence electrons. The van der Waals surface area contributed by atoms with Gasteiger partial charge in [-0.25, -0.2) is 4.99 Å². The molecule has 3 nitrogen and oxygen atoms in total. The van der Waals surface area contributed by atoms with Crippen LogP contribution in [-0.2, 0) is 0 Å². The summed E-state index contributed by atoms with van der Waals surface area (Å²) in [5.41, 5.74) is 4.69. The van der Waals surface area contributed by atoms with E-state index >= 15 is 0 Å². The smallest absolute Gasteiger partial charge is 0.124 e. The number of hydrogen-bond acceptors (Lipinski definition) is 3. The molecule has 0 radical (unpaired) electrons. The van der Waals surface area contributed by atoms with Gasteiger partial charge in [0, 0.05) is 23.7 Å². The van der Waals surface area contributed by atoms with Crippen LogP contribution in [0.5, 0.6) is 0 Å². The second-order valence-electron chi connectivity index (χ2n) is 4.72. The van der Waals surface area contributed by atoms with Crippen molar-refractivity contribution in [2.75, 3.05) is 13.6 Å². The van der Waals surface area contributed by atoms with E-state index in [0.29, 0.717) is 6.54 Å². The number of hydrogen-bond donors (Lipinski definition) is 1. The van der Waals surface area contributed by atoms with Gasteiger partial charge in [0.2, 0.25) is 0 Å². The van der Waals surface area contributed by atoms with Crippen LogP contribution in [0.2, 0.25) is 0 Å². The highest BCUT2D eigenvalue weighted by Crippen LogP contribution is 2.26. The van der Waals surface area contributed by atoms with Crippen LogP contribution in [0.3, 0.4) is 0 Å². The molecule has 1 N–H and O–H groups in total. The largest absolute Gasteiger partial charge is 0.375 e. The number of terminal acetylenes is 1. The van der Waals surface area contributed by atoms with Crippen LogP contribution >= 0.6 is 0 Å². The van der Waals surface area contributed by atoms with Gasteiger partial charge in [-0.1, -0.05) is 36.3 Å². The summed E-state index contributed by atoms with van der Waals surface area (Å²) in [5.74, 6) is 3.52. The molecule has 3 rings (SSSR count). The van der Waals surface area contributed by atoms with Crippen molar-refractivity contribution in [3.63, 3.8) is 0 Å². The van der Waals surface area contributed by atoms with Crippen molar-refractivity contribution in [2.24, 2.45) is 9.98 Å². The molecular weight excluding hydrogens is 258 g/mol. The summed E-state index contributed by atoms with van der Waals surface area (Å²) in [6, 6.07) is 15.9. The third-order valence-electron chi connectivity index (χ3n) is 3.40. The first-order chi connectivity index (χ1) is 10.3. The number of nitrogens with one attached hydrogen (secondary N) is 1. The predicted molar refractivity (Wildman–Crippen MR) is 87.5 cm³/mol. The molecule has 2 aromatic carbocycles. The fourth-order valence-electron chi connectivity index (χ4n) is 2.31. The quantitative estimate of drug-likeness (QED) is 0.797. The van der Waals surface area contributed by atoms with Gasteiger partial charge in [-0.2, -0.15) is 0 Å². The van der Waals surface area contributed by atoms with Crippen molar-refractivity contribution in [3.8, 4) is 12.3 Å². The van der Waals surface area contributed by atoms with Gasteiger partial charge in [0.1, 0.15) is 5.84 Å². The molecule has 1 heterocycles. The van der Waals surface area contributed by atoms with Crippen LogP contribution in [0.1, 0.15) is 16.7 Å². The monoisotopic (exact) mass is 273 g/mol. The highest BCUT2D eigenvalue weighted by atomic mass is 15.0. The highest BCUT2D eigenvalue weighted by molar-refractivity contribution is 6.17. The summed E-state index contributed by atoms with van der Waals surface area (Å²) in [5, 5.41) is 3.09. The maximum Gasteiger partial charge on any atom is 0.124 e. The lowest BCUT2D eigenvalue weighted by molar-refractivity contribution is 1.10. The summed E-state index contributed by atoms with van der Waals surface area (Å²) in [6.07, 6.45) is 5.52. The number of nitrogens with zero attached hydrogens (tertiary/aromatic N) is 2. The van der Waals surface area contributed by atoms with Gasteiger partial charge < -0.3 is 5.32 Å². The first-order valence-electron chi connectivity index (χ1n) is 6.78. The average Bonchev–Trinajstić information content (AvgIpc) is 2.74. The Morgan fingerprint density at radius 3 is 2.67 bits per heavy atom. The first kappa shape index (κ1) is 13.1. The summed E-state index contributed by atoms with van der Waals surface area (Å²) < 4.78 is 0. The molecule has 0 unspecified atom stereocenters. The van der Waals surface area contributed by atoms with E-state index in [4.69, 9.17) is 11.4 Å². The Kier molecular flexibility index (Phi) is 3.53. The molecule has 0 aliphatic carbocycles. The Bertz CT molecular complexity index is 765. The van der Waals surface area contributed by atoms with E-state index in [-0.39, 0.29) is 0 Å². The molecule has 0 saturated carbocycles. The van der Waals surface area contributed by atoms with E-state index in [1.165, 1.54) is 0 Å². The Hall–Kier alpha value is -2.86. The molecule has 21 heavy (non-hydrogen) atoms. The van der Waals surface area contributed by atoms with Crippen molar-refractivity contribution >= 4 is 17.2 Å². The molecule has 1 aliphatic heterocycles. The van der Waals surface area contributed by atoms with Gasteiger partial charge in [-0.05, 0) is 18.2 Å². The third kappa shape index (κ3) is 2.56. The first-order valence-corrected chi connectivity index (χ1v) is 6.78. The summed E-state index contributed by atoms with van der Waals surface area (Å²) >= 11 is 0. The number of likely N-dealkylation sites (N-methyl/N-ethyl adjacent to an activating group) is 1. The lowest BCUT2D eigenvalue weighted by Gasteiger charge is -2.08. The molecule has 0 bridgehead atoms. The standard InChI is InChI=1S/C18H15N3/c1-3-13-9-10-16-15(11-13)18(14-7-5-4-6-8-14)20-12-17(19-2)21-16/h1,4-11H,12H2,2H3,(H,19,21). The SMILES string of the molecule is C#Cc1ccc2c(c1)C(c1ccccc1)=NCC(NC)=N2. The summed E-state index contributed by atoms with van der Waals surface area (Å²) in [4.78, 5) is 9.35. The third-order valence-corrected chi connectivity index (χ3v) is 3.40. The zero-order valence-electron chi connectivity index (χ0n) is 11.8. The van der Waals surface area contributed by atoms with Gasteiger partial charge in [-0.15, -0.1) is 6.42 Å². The second-order valence-corrected chi connectivity index (χ2v) is 4.72. The van der Waals surface area contributed by atoms with Crippen LogP contribution in [0.25, 0.3) is 0 Å². The number of aliphatic imine (C=N–C) groups is 2. The van der Waals surface area contributed by atoms with E-state index in [0.717, 1.165) is 33.9 Å². The zero-order chi connectivity index (χ0) is 14.7. The maximum atomic E-state index is 5.52. The Morgan fingerprint density at radius 1 is 1.14 bits per heavy atom. The molecule has 0 aromatic heterocycles. The molecule has 1 aliphatic rings. The van der Waals surface area contributed by atoms with Crippen molar-refractivity contribution in [1.82, 2.24) is 5.32 Å². The van der Waals surface area contributed by atoms with Crippen LogP contribution in [0, 0.1) is 12.3 Å². The van der Waals surface area contributed by atoms with Gasteiger partial charge in [0.05, 0.1) is 17.9 Å². The summed E-state index contributed by atoms with van der Waals surface area (Å²) in [6.45, 7) is 0.529. The normalized spacial score (nSPS) is 13.3. The van der Waals surface area contributed by atoms with Gasteiger partial charge in [-0.3, -0.25) is 4.99 Å². The Labute approximate surface area is 124 Å². The van der Waals surface area contributed by atoms with Crippen LogP contribution < -0.4 is 5.32 Å². The minimum Gasteiger partial charge on any atom is -0.375 e. The molecule has 3 heteroatoms. The fraction of sp³-hybridized carbons (Fsp3) is 0.111. The molecule has 0 amide bonds. The fourth-order valence-corrected chi connectivity index (χ4v) is 2.31. The zero-order valence-corrected chi connectivity index (χ0v) is 11.8. The number of benzene rings is 2. The van der Waals surface area contributed by atoms with Crippen molar-refractivity contribution in [2.45, 2.75) is 0 Å². The van der Waals surface area contributed by atoms with Gasteiger partial charge in [0.15, 0.2) is 0 Å². The molecule has 0 spiro atoms. The topological polar surface area (TPSA) is 36.8 Å². The van der Waals surface area contributed by atoms with E-state index in [2.05, 4.69) is 28.4 Å². The van der Waals surface area contributed by atoms with Crippen LogP contribution in [0.15, 0.2) is 58.5 Å². The average molecular weight is 273 g/mol. The second kappa shape index (κ2) is 5.64. The van der Waals surface area contributed by atoms with Crippen molar-refractivity contribution < 1.29 is 0 Å². The number of fused-ring (bicyclic) bond motifs is 1.